The number of nitrogens with one attached hydrogen (secondary N) is 1. The van der Waals surface area contributed by atoms with E-state index in [9.17, 15) is 27.2 Å². The molecule has 0 amide bonds. The Balaban J connectivity index is 1.88. The molecule has 12 heteroatoms. The summed E-state index contributed by atoms with van der Waals surface area (Å²) in [6.07, 6.45) is -7.07. The minimum Gasteiger partial charge on any atom is -0.497 e. The standard InChI is InChI=1S/C20H25F5N4O3/c1-32-17-15-13(19(30)27-20(31)29(15)9-2-3-9)12(18(24)25)14(23)16(17)28-5-4-8(7-28)10(26)6-11(21)22/h8-11,14,16,18H,2-7,26H2,1H3,(H,27,30,31). The van der Waals surface area contributed by atoms with Crippen molar-refractivity contribution in [2.75, 3.05) is 20.2 Å². The largest absolute Gasteiger partial charge is 0.497 e. The molecular formula is C20H25F5N4O3. The van der Waals surface area contributed by atoms with Gasteiger partial charge in [-0.25, -0.2) is 26.7 Å². The molecular weight excluding hydrogens is 439 g/mol. The summed E-state index contributed by atoms with van der Waals surface area (Å²) in [5.41, 5.74) is 3.02. The monoisotopic (exact) mass is 464 g/mol. The van der Waals surface area contributed by atoms with Crippen molar-refractivity contribution in [1.29, 1.82) is 0 Å². The third-order valence-corrected chi connectivity index (χ3v) is 6.58. The predicted molar refractivity (Wildman–Crippen MR) is 106 cm³/mol. The Labute approximate surface area is 179 Å². The Bertz CT molecular complexity index is 1110. The molecule has 4 atom stereocenters. The number of halogens is 5. The van der Waals surface area contributed by atoms with E-state index < -0.39 is 59.6 Å². The zero-order chi connectivity index (χ0) is 23.3. The summed E-state index contributed by atoms with van der Waals surface area (Å²) in [6, 6.07) is -2.46. The van der Waals surface area contributed by atoms with Crippen LogP contribution in [-0.2, 0) is 4.74 Å². The molecule has 7 nitrogen and oxygen atoms in total. The number of nitrogens with zero attached hydrogens (tertiary/aromatic N) is 2. The van der Waals surface area contributed by atoms with Crippen LogP contribution in [0.3, 0.4) is 0 Å². The van der Waals surface area contributed by atoms with Gasteiger partial charge in [0.25, 0.3) is 12.0 Å². The van der Waals surface area contributed by atoms with Crippen LogP contribution in [-0.4, -0.2) is 65.8 Å². The molecule has 1 aromatic heterocycles. The number of methoxy groups -OCH3 is 1. The van der Waals surface area contributed by atoms with E-state index in [1.807, 2.05) is 4.98 Å². The molecule has 4 rings (SSSR count). The van der Waals surface area contributed by atoms with Crippen molar-refractivity contribution in [3.05, 3.63) is 31.4 Å². The molecule has 1 saturated heterocycles. The number of H-pyrrole nitrogens is 1. The van der Waals surface area contributed by atoms with Gasteiger partial charge in [0.1, 0.15) is 11.8 Å². The average Bonchev–Trinajstić information content (AvgIpc) is 3.41. The average molecular weight is 464 g/mol. The fourth-order valence-electron chi connectivity index (χ4n) is 4.93. The number of hydrogen-bond acceptors (Lipinski definition) is 5. The van der Waals surface area contributed by atoms with Gasteiger partial charge in [-0.05, 0) is 31.7 Å². The second-order valence-corrected chi connectivity index (χ2v) is 8.59. The topological polar surface area (TPSA) is 93.3 Å². The van der Waals surface area contributed by atoms with E-state index in [-0.39, 0.29) is 36.2 Å². The van der Waals surface area contributed by atoms with E-state index in [0.29, 0.717) is 19.3 Å². The van der Waals surface area contributed by atoms with Crippen LogP contribution in [0.25, 0.3) is 11.3 Å². The third kappa shape index (κ3) is 3.87. The van der Waals surface area contributed by atoms with E-state index in [4.69, 9.17) is 10.5 Å². The molecule has 0 spiro atoms. The maximum Gasteiger partial charge on any atom is 0.329 e. The van der Waals surface area contributed by atoms with Crippen LogP contribution in [0.2, 0.25) is 0 Å². The maximum atomic E-state index is 15.6. The maximum absolute atomic E-state index is 15.6. The predicted octanol–water partition coefficient (Wildman–Crippen LogP) is 0.0666. The van der Waals surface area contributed by atoms with Crippen LogP contribution in [0.15, 0.2) is 9.59 Å². The highest BCUT2D eigenvalue weighted by atomic mass is 19.3. The molecule has 0 radical (unpaired) electrons. The number of fused-ring (bicyclic) bond motifs is 1. The van der Waals surface area contributed by atoms with Crippen LogP contribution in [0.5, 0.6) is 0 Å². The molecule has 2 fully saturated rings. The lowest BCUT2D eigenvalue weighted by Gasteiger charge is -2.35. The highest BCUT2D eigenvalue weighted by molar-refractivity contribution is 5.63. The van der Waals surface area contributed by atoms with Gasteiger partial charge in [-0.1, -0.05) is 0 Å². The Morgan fingerprint density at radius 2 is 1.88 bits per heavy atom. The molecule has 0 bridgehead atoms. The van der Waals surface area contributed by atoms with Gasteiger partial charge in [-0.2, -0.15) is 0 Å². The van der Waals surface area contributed by atoms with Crippen molar-refractivity contribution >= 4 is 11.3 Å². The van der Waals surface area contributed by atoms with Gasteiger partial charge in [0.15, 0.2) is 6.17 Å². The van der Waals surface area contributed by atoms with Crippen LogP contribution in [0.4, 0.5) is 22.0 Å². The summed E-state index contributed by atoms with van der Waals surface area (Å²) < 4.78 is 75.8. The van der Waals surface area contributed by atoms with Crippen molar-refractivity contribution in [3.63, 3.8) is 0 Å². The van der Waals surface area contributed by atoms with Crippen LogP contribution < -0.4 is 27.6 Å². The van der Waals surface area contributed by atoms with Crippen LogP contribution >= 0.6 is 0 Å². The molecule has 1 aliphatic heterocycles. The number of aromatic nitrogens is 2. The Morgan fingerprint density at radius 3 is 2.44 bits per heavy atom. The van der Waals surface area contributed by atoms with Crippen molar-refractivity contribution in [2.45, 2.75) is 62.8 Å². The summed E-state index contributed by atoms with van der Waals surface area (Å²) >= 11 is 0. The first kappa shape index (κ1) is 23.0. The molecule has 3 aliphatic rings. The Kier molecular flexibility index (Phi) is 6.19. The molecule has 178 valence electrons. The second kappa shape index (κ2) is 8.62. The van der Waals surface area contributed by atoms with Gasteiger partial charge in [0, 0.05) is 30.6 Å². The Hall–Kier alpha value is -2.21. The zero-order valence-corrected chi connectivity index (χ0v) is 17.4. The molecule has 0 aromatic carbocycles. The van der Waals surface area contributed by atoms with Crippen molar-refractivity contribution in [2.24, 2.45) is 11.7 Å². The van der Waals surface area contributed by atoms with Gasteiger partial charge in [0.05, 0.1) is 17.7 Å². The van der Waals surface area contributed by atoms with Crippen molar-refractivity contribution < 1.29 is 26.7 Å². The van der Waals surface area contributed by atoms with Crippen molar-refractivity contribution in [3.8, 4) is 0 Å². The number of aromatic amines is 1. The highest BCUT2D eigenvalue weighted by Gasteiger charge is 2.46. The first-order valence-electron chi connectivity index (χ1n) is 10.5. The first-order valence-corrected chi connectivity index (χ1v) is 10.5. The summed E-state index contributed by atoms with van der Waals surface area (Å²) in [5, 5.41) is -0.699. The second-order valence-electron chi connectivity index (χ2n) is 8.59. The number of likely N-dealkylation sites (tertiary alicyclic amines) is 1. The number of alkyl halides is 5. The normalized spacial score (nSPS) is 27.3. The molecule has 1 saturated carbocycles. The van der Waals surface area contributed by atoms with E-state index in [2.05, 4.69) is 0 Å². The molecule has 3 N–H and O–H groups in total. The van der Waals surface area contributed by atoms with Gasteiger partial charge in [-0.15, -0.1) is 0 Å². The van der Waals surface area contributed by atoms with Gasteiger partial charge in [-0.3, -0.25) is 19.2 Å². The number of nitrogens with two attached hydrogens (primary N) is 1. The van der Waals surface area contributed by atoms with Crippen LogP contribution in [0.1, 0.15) is 31.7 Å². The summed E-state index contributed by atoms with van der Waals surface area (Å²) in [5.74, 6) is -0.467. The number of hydrogen-bond donors (Lipinski definition) is 2. The summed E-state index contributed by atoms with van der Waals surface area (Å²) in [6.45, 7) is 0.330. The smallest absolute Gasteiger partial charge is 0.329 e. The lowest BCUT2D eigenvalue weighted by molar-refractivity contribution is 0.112. The molecule has 2 aliphatic carbocycles. The molecule has 4 unspecified atom stereocenters. The summed E-state index contributed by atoms with van der Waals surface area (Å²) in [4.78, 5) is 28.6. The zero-order valence-electron chi connectivity index (χ0n) is 17.4. The SMILES string of the molecule is COC1=c2c(c(=O)[nH]c(=O)n2C2CC2)=C(C(F)F)C(F)C1N1CCC(C(N)CC(F)F)C1. The van der Waals surface area contributed by atoms with E-state index in [0.717, 1.165) is 0 Å². The van der Waals surface area contributed by atoms with Crippen LogP contribution in [0, 0.1) is 5.92 Å². The fraction of sp³-hybridized carbons (Fsp3) is 0.700. The number of ether oxygens (including phenoxy) is 1. The minimum absolute atomic E-state index is 0.0879. The van der Waals surface area contributed by atoms with Crippen molar-refractivity contribution in [1.82, 2.24) is 14.5 Å². The van der Waals surface area contributed by atoms with Gasteiger partial charge >= 0.3 is 5.69 Å². The lowest BCUT2D eigenvalue weighted by atomic mass is 9.93. The van der Waals surface area contributed by atoms with E-state index >= 15 is 4.39 Å². The third-order valence-electron chi connectivity index (χ3n) is 6.58. The molecule has 1 aromatic rings. The van der Waals surface area contributed by atoms with E-state index in [1.54, 1.807) is 0 Å². The Morgan fingerprint density at radius 1 is 1.19 bits per heavy atom. The fourth-order valence-corrected chi connectivity index (χ4v) is 4.93. The van der Waals surface area contributed by atoms with Gasteiger partial charge < -0.3 is 10.5 Å². The minimum atomic E-state index is -3.28. The molecule has 32 heavy (non-hydrogen) atoms. The summed E-state index contributed by atoms with van der Waals surface area (Å²) in [7, 11) is 1.23. The number of rotatable bonds is 7. The highest BCUT2D eigenvalue weighted by Crippen LogP contribution is 2.35. The quantitative estimate of drug-likeness (QED) is 0.557. The lowest BCUT2D eigenvalue weighted by Crippen LogP contribution is -2.63. The van der Waals surface area contributed by atoms with E-state index in [1.165, 1.54) is 16.6 Å². The van der Waals surface area contributed by atoms with Gasteiger partial charge in [0.2, 0.25) is 6.43 Å². The first-order chi connectivity index (χ1) is 15.1. The molecule has 2 heterocycles.